The number of ether oxygens (including phenoxy) is 6. The van der Waals surface area contributed by atoms with Gasteiger partial charge in [0.25, 0.3) is 0 Å². The van der Waals surface area contributed by atoms with Crippen molar-refractivity contribution in [3.8, 4) is 11.1 Å². The summed E-state index contributed by atoms with van der Waals surface area (Å²) in [6.07, 6.45) is -6.58. The highest BCUT2D eigenvalue weighted by Gasteiger charge is 2.51. The van der Waals surface area contributed by atoms with Crippen LogP contribution >= 0.6 is 0 Å². The lowest BCUT2D eigenvalue weighted by Crippen LogP contribution is -2.67. The highest BCUT2D eigenvalue weighted by molar-refractivity contribution is 5.81. The zero-order valence-electron chi connectivity index (χ0n) is 26.1. The van der Waals surface area contributed by atoms with Crippen LogP contribution in [-0.4, -0.2) is 97.5 Å². The summed E-state index contributed by atoms with van der Waals surface area (Å²) in [7, 11) is 0. The molecule has 252 valence electrons. The molecule has 2 aromatic rings. The standard InChI is InChI=1S/C32H36N2O13/c1-16(35)33-27-29(46-19(4)38)28(45-18(3)37)26(15-42-17(2)36)47-31(27)43-14-25(30(39)40)34-32(41)44-13-24-22-11-7-5-9-20(22)21-10-6-8-12-23(21)24/h5-12,24-29,31H,13-15H2,1-4H3,(H,33,35)(H,34,41)(H,39,40)/t25-,26-,27+,28-,29-,31+/m0/s1. The van der Waals surface area contributed by atoms with Crippen molar-refractivity contribution in [3.05, 3.63) is 59.7 Å². The van der Waals surface area contributed by atoms with Gasteiger partial charge in [0.05, 0.1) is 6.61 Å². The molecule has 1 aliphatic carbocycles. The van der Waals surface area contributed by atoms with Crippen LogP contribution in [0.3, 0.4) is 0 Å². The van der Waals surface area contributed by atoms with Crippen LogP contribution < -0.4 is 10.6 Å². The first-order valence-corrected chi connectivity index (χ1v) is 14.7. The molecule has 4 rings (SSSR count). The molecule has 15 heteroatoms. The highest BCUT2D eigenvalue weighted by atomic mass is 16.7. The summed E-state index contributed by atoms with van der Waals surface area (Å²) < 4.78 is 32.8. The summed E-state index contributed by atoms with van der Waals surface area (Å²) in [6.45, 7) is 3.23. The van der Waals surface area contributed by atoms with Crippen LogP contribution in [0.25, 0.3) is 11.1 Å². The first-order valence-electron chi connectivity index (χ1n) is 14.7. The van der Waals surface area contributed by atoms with Gasteiger partial charge in [-0.2, -0.15) is 0 Å². The van der Waals surface area contributed by atoms with Crippen LogP contribution in [0.4, 0.5) is 4.79 Å². The molecule has 2 amide bonds. The molecule has 0 radical (unpaired) electrons. The third kappa shape index (κ3) is 8.83. The van der Waals surface area contributed by atoms with Crippen LogP contribution in [0.1, 0.15) is 44.7 Å². The molecule has 2 aromatic carbocycles. The summed E-state index contributed by atoms with van der Waals surface area (Å²) in [5.74, 6) is -4.65. The second-order valence-corrected chi connectivity index (χ2v) is 10.9. The fourth-order valence-electron chi connectivity index (χ4n) is 5.58. The summed E-state index contributed by atoms with van der Waals surface area (Å²) >= 11 is 0. The van der Waals surface area contributed by atoms with E-state index in [1.54, 1.807) is 0 Å². The van der Waals surface area contributed by atoms with E-state index in [0.29, 0.717) is 0 Å². The first kappa shape index (κ1) is 34.8. The van der Waals surface area contributed by atoms with Gasteiger partial charge in [-0.25, -0.2) is 9.59 Å². The van der Waals surface area contributed by atoms with Gasteiger partial charge in [-0.1, -0.05) is 48.5 Å². The van der Waals surface area contributed by atoms with Crippen LogP contribution in [-0.2, 0) is 52.4 Å². The number of hydrogen-bond donors (Lipinski definition) is 3. The number of benzene rings is 2. The number of amides is 2. The second-order valence-electron chi connectivity index (χ2n) is 10.9. The van der Waals surface area contributed by atoms with E-state index in [1.807, 2.05) is 48.5 Å². The van der Waals surface area contributed by atoms with E-state index in [0.717, 1.165) is 49.9 Å². The van der Waals surface area contributed by atoms with Gasteiger partial charge in [-0.15, -0.1) is 0 Å². The minimum absolute atomic E-state index is 0.0666. The molecule has 1 heterocycles. The van der Waals surface area contributed by atoms with Crippen molar-refractivity contribution < 1.29 is 62.3 Å². The van der Waals surface area contributed by atoms with E-state index in [-0.39, 0.29) is 12.5 Å². The lowest BCUT2D eigenvalue weighted by atomic mass is 9.96. The number of carboxylic acid groups (broad SMARTS) is 1. The summed E-state index contributed by atoms with van der Waals surface area (Å²) in [4.78, 5) is 72.6. The third-order valence-electron chi connectivity index (χ3n) is 7.43. The SMILES string of the molecule is CC(=O)N[C@H]1[C@H](OC[C@H](NC(=O)OCC2c3ccccc3-c3ccccc32)C(=O)O)O[C@@H](COC(C)=O)[C@H](OC(C)=O)[C@H]1OC(C)=O. The van der Waals surface area contributed by atoms with Gasteiger partial charge < -0.3 is 44.2 Å². The smallest absolute Gasteiger partial charge is 0.407 e. The fourth-order valence-corrected chi connectivity index (χ4v) is 5.58. The molecule has 3 N–H and O–H groups in total. The molecule has 47 heavy (non-hydrogen) atoms. The van der Waals surface area contributed by atoms with E-state index in [9.17, 15) is 33.9 Å². The number of rotatable bonds is 12. The maximum atomic E-state index is 12.8. The van der Waals surface area contributed by atoms with Gasteiger partial charge in [-0.3, -0.25) is 19.2 Å². The molecule has 1 aliphatic heterocycles. The van der Waals surface area contributed by atoms with Crippen molar-refractivity contribution in [1.82, 2.24) is 10.6 Å². The van der Waals surface area contributed by atoms with Gasteiger partial charge in [-0.05, 0) is 22.3 Å². The van der Waals surface area contributed by atoms with E-state index < -0.39 is 85.8 Å². The highest BCUT2D eigenvalue weighted by Crippen LogP contribution is 2.44. The van der Waals surface area contributed by atoms with Crippen molar-refractivity contribution in [2.75, 3.05) is 19.8 Å². The van der Waals surface area contributed by atoms with Crippen molar-refractivity contribution in [1.29, 1.82) is 0 Å². The molecule has 6 atom stereocenters. The Morgan fingerprint density at radius 1 is 0.787 bits per heavy atom. The number of nitrogens with one attached hydrogen (secondary N) is 2. The predicted octanol–water partition coefficient (Wildman–Crippen LogP) is 1.65. The van der Waals surface area contributed by atoms with Crippen molar-refractivity contribution in [2.45, 2.75) is 70.3 Å². The van der Waals surface area contributed by atoms with Crippen LogP contribution in [0.15, 0.2) is 48.5 Å². The van der Waals surface area contributed by atoms with Crippen molar-refractivity contribution >= 4 is 35.9 Å². The number of esters is 3. The predicted molar refractivity (Wildman–Crippen MR) is 160 cm³/mol. The summed E-state index contributed by atoms with van der Waals surface area (Å²) in [5, 5.41) is 14.6. The van der Waals surface area contributed by atoms with Gasteiger partial charge in [0.2, 0.25) is 5.91 Å². The van der Waals surface area contributed by atoms with E-state index >= 15 is 0 Å². The maximum absolute atomic E-state index is 12.8. The zero-order chi connectivity index (χ0) is 34.2. The molecule has 1 saturated heterocycles. The molecule has 1 fully saturated rings. The van der Waals surface area contributed by atoms with Crippen LogP contribution in [0.5, 0.6) is 0 Å². The number of hydrogen-bond acceptors (Lipinski definition) is 12. The number of carbonyl (C=O) groups excluding carboxylic acids is 5. The van der Waals surface area contributed by atoms with Gasteiger partial charge in [0.15, 0.2) is 24.5 Å². The third-order valence-corrected chi connectivity index (χ3v) is 7.43. The number of alkyl carbamates (subject to hydrolysis) is 1. The van der Waals surface area contributed by atoms with Crippen LogP contribution in [0, 0.1) is 0 Å². The number of carbonyl (C=O) groups is 6. The fraction of sp³-hybridized carbons (Fsp3) is 0.438. The Hall–Kier alpha value is -5.02. The minimum Gasteiger partial charge on any atom is -0.480 e. The quantitative estimate of drug-likeness (QED) is 0.220. The van der Waals surface area contributed by atoms with E-state index in [4.69, 9.17) is 28.4 Å². The number of fused-ring (bicyclic) bond motifs is 3. The Bertz CT molecular complexity index is 1470. The van der Waals surface area contributed by atoms with Crippen molar-refractivity contribution in [2.24, 2.45) is 0 Å². The first-order chi connectivity index (χ1) is 22.3. The Morgan fingerprint density at radius 2 is 1.36 bits per heavy atom. The monoisotopic (exact) mass is 656 g/mol. The minimum atomic E-state index is -1.66. The molecule has 0 spiro atoms. The van der Waals surface area contributed by atoms with Gasteiger partial charge in [0.1, 0.15) is 25.4 Å². The lowest BCUT2D eigenvalue weighted by Gasteiger charge is -2.45. The Labute approximate surface area is 269 Å². The van der Waals surface area contributed by atoms with Gasteiger partial charge >= 0.3 is 30.0 Å². The maximum Gasteiger partial charge on any atom is 0.407 e. The normalized spacial score (nSPS) is 22.1. The average molecular weight is 657 g/mol. The zero-order valence-corrected chi connectivity index (χ0v) is 26.1. The van der Waals surface area contributed by atoms with Crippen molar-refractivity contribution in [3.63, 3.8) is 0 Å². The Kier molecular flexibility index (Phi) is 11.5. The van der Waals surface area contributed by atoms with E-state index in [2.05, 4.69) is 10.6 Å². The summed E-state index contributed by atoms with van der Waals surface area (Å²) in [5.41, 5.74) is 3.97. The van der Waals surface area contributed by atoms with E-state index in [1.165, 1.54) is 0 Å². The molecule has 0 saturated carbocycles. The number of carboxylic acids is 1. The molecule has 15 nitrogen and oxygen atoms in total. The van der Waals surface area contributed by atoms with Gasteiger partial charge in [0, 0.05) is 33.6 Å². The summed E-state index contributed by atoms with van der Waals surface area (Å²) in [6, 6.07) is 12.5. The molecular formula is C32H36N2O13. The molecule has 0 bridgehead atoms. The molecule has 2 aliphatic rings. The topological polar surface area (TPSA) is 202 Å². The van der Waals surface area contributed by atoms with Crippen LogP contribution in [0.2, 0.25) is 0 Å². The average Bonchev–Trinajstić information content (AvgIpc) is 3.32. The number of aliphatic carboxylic acids is 1. The molecular weight excluding hydrogens is 620 g/mol. The molecule has 0 unspecified atom stereocenters. The Balaban J connectivity index is 1.48. The lowest BCUT2D eigenvalue weighted by molar-refractivity contribution is -0.278. The molecule has 0 aromatic heterocycles. The largest absolute Gasteiger partial charge is 0.480 e. The second kappa shape index (κ2) is 15.5. The Morgan fingerprint density at radius 3 is 1.89 bits per heavy atom.